The molecular formula is C26H22O4. The maximum absolute atomic E-state index is 12.5. The van der Waals surface area contributed by atoms with Gasteiger partial charge in [-0.2, -0.15) is 0 Å². The molecule has 0 unspecified atom stereocenters. The highest BCUT2D eigenvalue weighted by molar-refractivity contribution is 5.96. The molecule has 0 N–H and O–H groups in total. The van der Waals surface area contributed by atoms with E-state index in [2.05, 4.69) is 13.2 Å². The minimum atomic E-state index is -0.557. The Morgan fingerprint density at radius 3 is 1.30 bits per heavy atom. The first-order chi connectivity index (χ1) is 14.3. The summed E-state index contributed by atoms with van der Waals surface area (Å²) in [5, 5.41) is 0. The van der Waals surface area contributed by atoms with E-state index in [1.807, 2.05) is 38.1 Å². The van der Waals surface area contributed by atoms with Crippen LogP contribution in [0, 0.1) is 0 Å². The normalized spacial score (nSPS) is 10.2. The zero-order valence-corrected chi connectivity index (χ0v) is 17.0. The van der Waals surface area contributed by atoms with Gasteiger partial charge in [0.1, 0.15) is 11.5 Å². The molecule has 0 bridgehead atoms. The number of hydrogen-bond donors (Lipinski definition) is 0. The molecule has 0 aliphatic carbocycles. The Hall–Kier alpha value is -3.92. The molecule has 0 heterocycles. The lowest BCUT2D eigenvalue weighted by molar-refractivity contribution is 0.0734. The smallest absolute Gasteiger partial charge is 0.343 e. The number of carbonyl (C=O) groups is 2. The van der Waals surface area contributed by atoms with Gasteiger partial charge in [-0.1, -0.05) is 54.6 Å². The lowest BCUT2D eigenvalue weighted by Crippen LogP contribution is -2.12. The van der Waals surface area contributed by atoms with Crippen LogP contribution in [0.3, 0.4) is 0 Å². The summed E-state index contributed by atoms with van der Waals surface area (Å²) in [6.07, 6.45) is 0. The molecule has 0 saturated carbocycles. The number of ether oxygens (including phenoxy) is 2. The van der Waals surface area contributed by atoms with Crippen LogP contribution >= 0.6 is 0 Å². The van der Waals surface area contributed by atoms with Crippen LogP contribution in [0.4, 0.5) is 0 Å². The Balaban J connectivity index is 1.69. The molecule has 3 aromatic carbocycles. The predicted octanol–water partition coefficient (Wildman–Crippen LogP) is 6.19. The van der Waals surface area contributed by atoms with Gasteiger partial charge in [0.15, 0.2) is 0 Å². The topological polar surface area (TPSA) is 52.6 Å². The van der Waals surface area contributed by atoms with Crippen molar-refractivity contribution in [3.8, 4) is 11.5 Å². The van der Waals surface area contributed by atoms with Crippen LogP contribution in [0.25, 0.3) is 11.1 Å². The molecule has 3 rings (SSSR count). The minimum Gasteiger partial charge on any atom is -0.423 e. The lowest BCUT2D eigenvalue weighted by Gasteiger charge is -2.08. The van der Waals surface area contributed by atoms with Crippen molar-refractivity contribution in [1.29, 1.82) is 0 Å². The highest BCUT2D eigenvalue weighted by Crippen LogP contribution is 2.20. The molecule has 0 atom stereocenters. The molecule has 4 heteroatoms. The van der Waals surface area contributed by atoms with Gasteiger partial charge in [0.2, 0.25) is 0 Å². The fraction of sp³-hybridized carbons (Fsp3) is 0.0769. The summed E-state index contributed by atoms with van der Waals surface area (Å²) in [6, 6.07) is 20.4. The van der Waals surface area contributed by atoms with Gasteiger partial charge >= 0.3 is 11.9 Å². The van der Waals surface area contributed by atoms with E-state index in [0.717, 1.165) is 22.3 Å². The molecule has 4 nitrogen and oxygen atoms in total. The summed E-state index contributed by atoms with van der Waals surface area (Å²) in [6.45, 7) is 11.6. The molecule has 0 aliphatic rings. The SMILES string of the molecule is C=C(C)c1ccc(OC(=O)c2cccc(C(=O)Oc3ccc(C(=C)C)cc3)c2)cc1. The number of esters is 2. The van der Waals surface area contributed by atoms with E-state index >= 15 is 0 Å². The summed E-state index contributed by atoms with van der Waals surface area (Å²) in [5.41, 5.74) is 4.30. The highest BCUT2D eigenvalue weighted by atomic mass is 16.5. The van der Waals surface area contributed by atoms with Crippen molar-refractivity contribution in [1.82, 2.24) is 0 Å². The zero-order chi connectivity index (χ0) is 21.7. The maximum Gasteiger partial charge on any atom is 0.343 e. The molecule has 0 spiro atoms. The van der Waals surface area contributed by atoms with Crippen LogP contribution < -0.4 is 9.47 Å². The third kappa shape index (κ3) is 5.11. The van der Waals surface area contributed by atoms with E-state index in [1.54, 1.807) is 42.5 Å². The van der Waals surface area contributed by atoms with Gasteiger partial charge in [-0.3, -0.25) is 0 Å². The molecule has 0 radical (unpaired) electrons. The summed E-state index contributed by atoms with van der Waals surface area (Å²) in [4.78, 5) is 24.9. The van der Waals surface area contributed by atoms with E-state index in [9.17, 15) is 9.59 Å². The quantitative estimate of drug-likeness (QED) is 0.367. The Morgan fingerprint density at radius 2 is 0.967 bits per heavy atom. The second kappa shape index (κ2) is 9.05. The Bertz CT molecular complexity index is 1020. The van der Waals surface area contributed by atoms with Crippen LogP contribution in [-0.2, 0) is 0 Å². The maximum atomic E-state index is 12.5. The van der Waals surface area contributed by atoms with E-state index in [1.165, 1.54) is 6.07 Å². The van der Waals surface area contributed by atoms with Gasteiger partial charge in [0.05, 0.1) is 11.1 Å². The molecule has 3 aromatic rings. The first-order valence-corrected chi connectivity index (χ1v) is 9.40. The average molecular weight is 398 g/mol. The standard InChI is InChI=1S/C26H22O4/c1-17(2)19-8-12-23(13-9-19)29-25(27)21-6-5-7-22(16-21)26(28)30-24-14-10-20(11-15-24)18(3)4/h5-16H,1,3H2,2,4H3. The van der Waals surface area contributed by atoms with Crippen LogP contribution in [0.1, 0.15) is 45.7 Å². The second-order valence-electron chi connectivity index (χ2n) is 6.97. The van der Waals surface area contributed by atoms with E-state index < -0.39 is 11.9 Å². The predicted molar refractivity (Wildman–Crippen MR) is 119 cm³/mol. The second-order valence-corrected chi connectivity index (χ2v) is 6.97. The Labute approximate surface area is 176 Å². The van der Waals surface area contributed by atoms with Gasteiger partial charge in [-0.05, 0) is 67.4 Å². The third-order valence-corrected chi connectivity index (χ3v) is 4.45. The van der Waals surface area contributed by atoms with Crippen molar-refractivity contribution in [2.45, 2.75) is 13.8 Å². The monoisotopic (exact) mass is 398 g/mol. The fourth-order valence-corrected chi connectivity index (χ4v) is 2.72. The molecule has 0 fully saturated rings. The van der Waals surface area contributed by atoms with Gasteiger partial charge in [0, 0.05) is 0 Å². The van der Waals surface area contributed by atoms with Crippen molar-refractivity contribution >= 4 is 23.1 Å². The summed E-state index contributed by atoms with van der Waals surface area (Å²) >= 11 is 0. The number of rotatable bonds is 6. The molecule has 0 aromatic heterocycles. The lowest BCUT2D eigenvalue weighted by atomic mass is 10.1. The number of hydrogen-bond acceptors (Lipinski definition) is 4. The van der Waals surface area contributed by atoms with Crippen LogP contribution in [0.15, 0.2) is 86.0 Å². The number of benzene rings is 3. The van der Waals surface area contributed by atoms with Gasteiger partial charge in [-0.25, -0.2) is 9.59 Å². The molecule has 150 valence electrons. The van der Waals surface area contributed by atoms with Crippen LogP contribution in [0.5, 0.6) is 11.5 Å². The molecular weight excluding hydrogens is 376 g/mol. The number of carbonyl (C=O) groups excluding carboxylic acids is 2. The minimum absolute atomic E-state index is 0.256. The molecule has 0 aliphatic heterocycles. The number of allylic oxidation sites excluding steroid dienone is 2. The summed E-state index contributed by atoms with van der Waals surface area (Å²) in [5.74, 6) is -0.289. The van der Waals surface area contributed by atoms with E-state index in [0.29, 0.717) is 11.5 Å². The van der Waals surface area contributed by atoms with Crippen LogP contribution in [0.2, 0.25) is 0 Å². The van der Waals surface area contributed by atoms with Gasteiger partial charge in [0.25, 0.3) is 0 Å². The van der Waals surface area contributed by atoms with Gasteiger partial charge < -0.3 is 9.47 Å². The van der Waals surface area contributed by atoms with Crippen molar-refractivity contribution in [2.24, 2.45) is 0 Å². The summed E-state index contributed by atoms with van der Waals surface area (Å²) < 4.78 is 10.8. The first-order valence-electron chi connectivity index (χ1n) is 9.40. The van der Waals surface area contributed by atoms with Crippen molar-refractivity contribution in [3.63, 3.8) is 0 Å². The fourth-order valence-electron chi connectivity index (χ4n) is 2.72. The largest absolute Gasteiger partial charge is 0.423 e. The zero-order valence-electron chi connectivity index (χ0n) is 17.0. The van der Waals surface area contributed by atoms with Crippen molar-refractivity contribution in [3.05, 3.63) is 108 Å². The molecule has 0 saturated heterocycles. The van der Waals surface area contributed by atoms with Crippen molar-refractivity contribution < 1.29 is 19.1 Å². The first kappa shape index (κ1) is 20.8. The Kier molecular flexibility index (Phi) is 6.28. The molecule has 0 amide bonds. The highest BCUT2D eigenvalue weighted by Gasteiger charge is 2.14. The Morgan fingerprint density at radius 1 is 0.600 bits per heavy atom. The van der Waals surface area contributed by atoms with E-state index in [4.69, 9.17) is 9.47 Å². The van der Waals surface area contributed by atoms with Crippen LogP contribution in [-0.4, -0.2) is 11.9 Å². The third-order valence-electron chi connectivity index (χ3n) is 4.45. The van der Waals surface area contributed by atoms with Crippen molar-refractivity contribution in [2.75, 3.05) is 0 Å². The average Bonchev–Trinajstić information content (AvgIpc) is 2.74. The molecule has 30 heavy (non-hydrogen) atoms. The van der Waals surface area contributed by atoms with Gasteiger partial charge in [-0.15, -0.1) is 0 Å². The summed E-state index contributed by atoms with van der Waals surface area (Å²) in [7, 11) is 0. The van der Waals surface area contributed by atoms with E-state index in [-0.39, 0.29) is 11.1 Å².